The number of carbonyl (C=O) groups is 1. The predicted octanol–water partition coefficient (Wildman–Crippen LogP) is 3.41. The van der Waals surface area contributed by atoms with Gasteiger partial charge in [0.2, 0.25) is 5.91 Å². The van der Waals surface area contributed by atoms with E-state index in [0.29, 0.717) is 25.6 Å². The second-order valence-electron chi connectivity index (χ2n) is 7.02. The average Bonchev–Trinajstić information content (AvgIpc) is 3.35. The molecule has 0 aliphatic carbocycles. The van der Waals surface area contributed by atoms with Crippen molar-refractivity contribution in [3.8, 4) is 22.6 Å². The van der Waals surface area contributed by atoms with Gasteiger partial charge in [-0.05, 0) is 53.5 Å². The molecule has 2 heterocycles. The third-order valence-electron chi connectivity index (χ3n) is 5.16. The van der Waals surface area contributed by atoms with Crippen molar-refractivity contribution in [3.63, 3.8) is 0 Å². The van der Waals surface area contributed by atoms with Crippen LogP contribution in [-0.2, 0) is 11.3 Å². The highest BCUT2D eigenvalue weighted by Gasteiger charge is 2.26. The van der Waals surface area contributed by atoms with E-state index in [0.717, 1.165) is 41.0 Å². The molecule has 4 rings (SSSR count). The van der Waals surface area contributed by atoms with Gasteiger partial charge in [-0.2, -0.15) is 0 Å². The normalized spacial score (nSPS) is 17.8. The molecule has 5 nitrogen and oxygen atoms in total. The number of aliphatic imine (C=N–C) groups is 1. The van der Waals surface area contributed by atoms with Gasteiger partial charge in [-0.25, -0.2) is 0 Å². The standard InChI is InChI=1S/C22H22N2O3/c1-2-22(26)24-8-7-15(13-24)14-27-21-10-17(9-18-11-23-12-20(18)21)16-3-5-19(25)6-4-16/h2-6,9-10,12,15,25H,1,7-8,11,13-14H2. The second-order valence-corrected chi connectivity index (χ2v) is 7.02. The molecule has 1 N–H and O–H groups in total. The number of hydrogen-bond donors (Lipinski definition) is 1. The van der Waals surface area contributed by atoms with E-state index >= 15 is 0 Å². The van der Waals surface area contributed by atoms with Crippen molar-refractivity contribution in [2.75, 3.05) is 19.7 Å². The molecule has 0 saturated carbocycles. The Morgan fingerprint density at radius 1 is 1.30 bits per heavy atom. The predicted molar refractivity (Wildman–Crippen MR) is 105 cm³/mol. The first kappa shape index (κ1) is 17.3. The number of benzene rings is 2. The maximum absolute atomic E-state index is 11.7. The minimum Gasteiger partial charge on any atom is -0.508 e. The number of rotatable bonds is 5. The molecule has 1 unspecified atom stereocenters. The van der Waals surface area contributed by atoms with Crippen molar-refractivity contribution in [1.29, 1.82) is 0 Å². The number of carbonyl (C=O) groups excluding carboxylic acids is 1. The van der Waals surface area contributed by atoms with Crippen LogP contribution in [0, 0.1) is 5.92 Å². The summed E-state index contributed by atoms with van der Waals surface area (Å²) in [6.07, 6.45) is 4.18. The SMILES string of the molecule is C=CC(=O)N1CCC(COc2cc(-c3ccc(O)cc3)cc3c2C=NC3)C1. The molecule has 1 fully saturated rings. The highest BCUT2D eigenvalue weighted by Crippen LogP contribution is 2.33. The van der Waals surface area contributed by atoms with Gasteiger partial charge in [-0.15, -0.1) is 0 Å². The Bertz CT molecular complexity index is 903. The summed E-state index contributed by atoms with van der Waals surface area (Å²) < 4.78 is 6.18. The van der Waals surface area contributed by atoms with Crippen molar-refractivity contribution in [1.82, 2.24) is 4.90 Å². The van der Waals surface area contributed by atoms with Crippen LogP contribution < -0.4 is 4.74 Å². The number of phenols is 1. The lowest BCUT2D eigenvalue weighted by atomic mass is 9.99. The summed E-state index contributed by atoms with van der Waals surface area (Å²) in [5.74, 6) is 1.38. The Kier molecular flexibility index (Phi) is 4.67. The zero-order chi connectivity index (χ0) is 18.8. The summed E-state index contributed by atoms with van der Waals surface area (Å²) >= 11 is 0. The number of ether oxygens (including phenoxy) is 1. The van der Waals surface area contributed by atoms with Crippen LogP contribution in [-0.4, -0.2) is 41.8 Å². The molecule has 27 heavy (non-hydrogen) atoms. The third-order valence-corrected chi connectivity index (χ3v) is 5.16. The maximum Gasteiger partial charge on any atom is 0.245 e. The fraction of sp³-hybridized carbons (Fsp3) is 0.273. The Morgan fingerprint density at radius 3 is 2.89 bits per heavy atom. The molecule has 0 spiro atoms. The quantitative estimate of drug-likeness (QED) is 0.829. The maximum atomic E-state index is 11.7. The summed E-state index contributed by atoms with van der Waals surface area (Å²) in [5.41, 5.74) is 4.25. The zero-order valence-electron chi connectivity index (χ0n) is 15.1. The third kappa shape index (κ3) is 3.58. The van der Waals surface area contributed by atoms with Crippen molar-refractivity contribution in [3.05, 3.63) is 60.2 Å². The van der Waals surface area contributed by atoms with E-state index < -0.39 is 0 Å². The van der Waals surface area contributed by atoms with Crippen LogP contribution in [0.1, 0.15) is 17.5 Å². The number of hydrogen-bond acceptors (Lipinski definition) is 4. The van der Waals surface area contributed by atoms with Gasteiger partial charge in [0.05, 0.1) is 13.2 Å². The highest BCUT2D eigenvalue weighted by atomic mass is 16.5. The van der Waals surface area contributed by atoms with Crippen molar-refractivity contribution >= 4 is 12.1 Å². The van der Waals surface area contributed by atoms with Crippen LogP contribution in [0.3, 0.4) is 0 Å². The monoisotopic (exact) mass is 362 g/mol. The first-order chi connectivity index (χ1) is 13.1. The molecule has 0 bridgehead atoms. The van der Waals surface area contributed by atoms with E-state index in [9.17, 15) is 9.90 Å². The van der Waals surface area contributed by atoms with Gasteiger partial charge >= 0.3 is 0 Å². The van der Waals surface area contributed by atoms with Gasteiger partial charge in [-0.3, -0.25) is 9.79 Å². The summed E-state index contributed by atoms with van der Waals surface area (Å²) in [4.78, 5) is 17.9. The zero-order valence-corrected chi connectivity index (χ0v) is 15.1. The Hall–Kier alpha value is -3.08. The molecule has 2 aromatic rings. The minimum absolute atomic E-state index is 0.0140. The number of nitrogens with zero attached hydrogens (tertiary/aromatic N) is 2. The fourth-order valence-electron chi connectivity index (χ4n) is 3.64. The molecule has 1 amide bonds. The van der Waals surface area contributed by atoms with Crippen molar-refractivity contribution in [2.24, 2.45) is 10.9 Å². The van der Waals surface area contributed by atoms with Crippen LogP contribution in [0.15, 0.2) is 54.0 Å². The molecule has 2 aliphatic rings. The Labute approximate surface area is 158 Å². The van der Waals surface area contributed by atoms with Crippen LogP contribution >= 0.6 is 0 Å². The van der Waals surface area contributed by atoms with Gasteiger partial charge in [0.25, 0.3) is 0 Å². The lowest BCUT2D eigenvalue weighted by Gasteiger charge is -2.17. The fourth-order valence-corrected chi connectivity index (χ4v) is 3.64. The molecule has 138 valence electrons. The Balaban J connectivity index is 1.52. The van der Waals surface area contributed by atoms with Gasteiger partial charge < -0.3 is 14.7 Å². The molecular formula is C22H22N2O3. The van der Waals surface area contributed by atoms with Crippen LogP contribution in [0.2, 0.25) is 0 Å². The Morgan fingerprint density at radius 2 is 2.11 bits per heavy atom. The first-order valence-electron chi connectivity index (χ1n) is 9.14. The molecule has 2 aliphatic heterocycles. The molecule has 2 aromatic carbocycles. The average molecular weight is 362 g/mol. The number of likely N-dealkylation sites (tertiary alicyclic amines) is 1. The summed E-state index contributed by atoms with van der Waals surface area (Å²) in [7, 11) is 0. The molecule has 1 saturated heterocycles. The van der Waals surface area contributed by atoms with Gasteiger partial charge in [0, 0.05) is 30.8 Å². The number of amides is 1. The number of phenolic OH excluding ortho intramolecular Hbond substituents is 1. The lowest BCUT2D eigenvalue weighted by Crippen LogP contribution is -2.27. The number of fused-ring (bicyclic) bond motifs is 1. The van der Waals surface area contributed by atoms with Gasteiger partial charge in [0.15, 0.2) is 0 Å². The molecular weight excluding hydrogens is 340 g/mol. The topological polar surface area (TPSA) is 62.1 Å². The van der Waals surface area contributed by atoms with E-state index in [1.165, 1.54) is 6.08 Å². The summed E-state index contributed by atoms with van der Waals surface area (Å²) in [6, 6.07) is 11.3. The van der Waals surface area contributed by atoms with Crippen molar-refractivity contribution in [2.45, 2.75) is 13.0 Å². The second kappa shape index (κ2) is 7.27. The van der Waals surface area contributed by atoms with E-state index in [1.54, 1.807) is 12.1 Å². The van der Waals surface area contributed by atoms with E-state index in [2.05, 4.69) is 17.6 Å². The lowest BCUT2D eigenvalue weighted by molar-refractivity contribution is -0.125. The van der Waals surface area contributed by atoms with E-state index in [-0.39, 0.29) is 11.7 Å². The first-order valence-corrected chi connectivity index (χ1v) is 9.14. The molecule has 5 heteroatoms. The van der Waals surface area contributed by atoms with E-state index in [4.69, 9.17) is 4.74 Å². The van der Waals surface area contributed by atoms with Crippen molar-refractivity contribution < 1.29 is 14.6 Å². The molecule has 1 atom stereocenters. The van der Waals surface area contributed by atoms with E-state index in [1.807, 2.05) is 29.3 Å². The summed E-state index contributed by atoms with van der Waals surface area (Å²) in [6.45, 7) is 6.24. The van der Waals surface area contributed by atoms with Gasteiger partial charge in [-0.1, -0.05) is 18.7 Å². The highest BCUT2D eigenvalue weighted by molar-refractivity contribution is 5.90. The van der Waals surface area contributed by atoms with Crippen LogP contribution in [0.5, 0.6) is 11.5 Å². The van der Waals surface area contributed by atoms with Crippen LogP contribution in [0.25, 0.3) is 11.1 Å². The largest absolute Gasteiger partial charge is 0.508 e. The molecule has 0 aromatic heterocycles. The number of aromatic hydroxyl groups is 1. The summed E-state index contributed by atoms with van der Waals surface area (Å²) in [5, 5.41) is 9.52. The minimum atomic E-state index is -0.0140. The smallest absolute Gasteiger partial charge is 0.245 e. The molecule has 0 radical (unpaired) electrons. The van der Waals surface area contributed by atoms with Crippen LogP contribution in [0.4, 0.5) is 0 Å². The van der Waals surface area contributed by atoms with Gasteiger partial charge in [0.1, 0.15) is 11.5 Å².